The fraction of sp³-hybridized carbons (Fsp3) is 0.824. The Hall–Kier alpha value is -0.790. The summed E-state index contributed by atoms with van der Waals surface area (Å²) in [5.41, 5.74) is 0. The Kier molecular flexibility index (Phi) is 13.1. The molecular formula is C17H32O2. The van der Waals surface area contributed by atoms with Gasteiger partial charge in [-0.15, -0.1) is 0 Å². The SMILES string of the molecule is C=CC(=O)OCCC(C)CCCCCCCCCC. The van der Waals surface area contributed by atoms with Crippen LogP contribution in [0.4, 0.5) is 0 Å². The van der Waals surface area contributed by atoms with Gasteiger partial charge in [-0.1, -0.05) is 78.2 Å². The lowest BCUT2D eigenvalue weighted by Crippen LogP contribution is -2.06. The minimum Gasteiger partial charge on any atom is -0.463 e. The van der Waals surface area contributed by atoms with Crippen LogP contribution in [0, 0.1) is 5.92 Å². The van der Waals surface area contributed by atoms with Crippen LogP contribution in [0.15, 0.2) is 12.7 Å². The van der Waals surface area contributed by atoms with Gasteiger partial charge in [-0.3, -0.25) is 0 Å². The Morgan fingerprint density at radius 3 is 2.21 bits per heavy atom. The number of carbonyl (C=O) groups is 1. The first-order chi connectivity index (χ1) is 9.20. The van der Waals surface area contributed by atoms with Crippen molar-refractivity contribution in [1.82, 2.24) is 0 Å². The van der Waals surface area contributed by atoms with E-state index in [-0.39, 0.29) is 5.97 Å². The smallest absolute Gasteiger partial charge is 0.330 e. The summed E-state index contributed by atoms with van der Waals surface area (Å²) >= 11 is 0. The van der Waals surface area contributed by atoms with Crippen molar-refractivity contribution in [3.05, 3.63) is 12.7 Å². The van der Waals surface area contributed by atoms with E-state index in [0.717, 1.165) is 6.42 Å². The molecule has 0 aliphatic heterocycles. The first kappa shape index (κ1) is 18.2. The van der Waals surface area contributed by atoms with E-state index in [2.05, 4.69) is 20.4 Å². The molecule has 0 aromatic heterocycles. The minimum atomic E-state index is -0.306. The molecule has 1 unspecified atom stereocenters. The van der Waals surface area contributed by atoms with Crippen LogP contribution in [0.3, 0.4) is 0 Å². The standard InChI is InChI=1S/C17H32O2/c1-4-6-7-8-9-10-11-12-13-16(3)14-15-19-17(18)5-2/h5,16H,2,4,6-15H2,1,3H3. The molecule has 2 heteroatoms. The molecule has 112 valence electrons. The Balaban J connectivity index is 3.22. The number of unbranched alkanes of at least 4 members (excludes halogenated alkanes) is 7. The summed E-state index contributed by atoms with van der Waals surface area (Å²) < 4.78 is 4.99. The number of carbonyl (C=O) groups excluding carboxylic acids is 1. The van der Waals surface area contributed by atoms with Gasteiger partial charge in [-0.05, 0) is 12.3 Å². The van der Waals surface area contributed by atoms with Crippen LogP contribution in [0.2, 0.25) is 0 Å². The van der Waals surface area contributed by atoms with Gasteiger partial charge in [-0.2, -0.15) is 0 Å². The van der Waals surface area contributed by atoms with Crippen LogP contribution in [-0.4, -0.2) is 12.6 Å². The molecule has 2 nitrogen and oxygen atoms in total. The zero-order chi connectivity index (χ0) is 14.3. The van der Waals surface area contributed by atoms with Crippen LogP contribution in [0.1, 0.15) is 78.1 Å². The second-order valence-corrected chi connectivity index (χ2v) is 5.53. The highest BCUT2D eigenvalue weighted by atomic mass is 16.5. The molecule has 0 heterocycles. The van der Waals surface area contributed by atoms with Crippen LogP contribution < -0.4 is 0 Å². The molecule has 0 amide bonds. The van der Waals surface area contributed by atoms with Gasteiger partial charge < -0.3 is 4.74 Å². The lowest BCUT2D eigenvalue weighted by Gasteiger charge is -2.10. The van der Waals surface area contributed by atoms with Gasteiger partial charge in [0.1, 0.15) is 0 Å². The van der Waals surface area contributed by atoms with Crippen molar-refractivity contribution in [2.45, 2.75) is 78.1 Å². The number of rotatable bonds is 13. The van der Waals surface area contributed by atoms with Gasteiger partial charge in [0.25, 0.3) is 0 Å². The summed E-state index contributed by atoms with van der Waals surface area (Å²) in [6.07, 6.45) is 14.4. The van der Waals surface area contributed by atoms with Crippen LogP contribution >= 0.6 is 0 Å². The molecule has 0 N–H and O–H groups in total. The fourth-order valence-electron chi connectivity index (χ4n) is 2.19. The summed E-state index contributed by atoms with van der Waals surface area (Å²) in [7, 11) is 0. The highest BCUT2D eigenvalue weighted by Gasteiger charge is 2.03. The van der Waals surface area contributed by atoms with Crippen LogP contribution in [0.25, 0.3) is 0 Å². The quantitative estimate of drug-likeness (QED) is 0.258. The maximum Gasteiger partial charge on any atom is 0.330 e. The van der Waals surface area contributed by atoms with Gasteiger partial charge in [0, 0.05) is 6.08 Å². The fourth-order valence-corrected chi connectivity index (χ4v) is 2.19. The average molecular weight is 268 g/mol. The molecule has 0 radical (unpaired) electrons. The molecule has 0 aromatic carbocycles. The predicted octanol–water partition coefficient (Wildman–Crippen LogP) is 5.27. The van der Waals surface area contributed by atoms with Crippen molar-refractivity contribution >= 4 is 5.97 Å². The van der Waals surface area contributed by atoms with Crippen molar-refractivity contribution in [3.63, 3.8) is 0 Å². The first-order valence-electron chi connectivity index (χ1n) is 7.99. The van der Waals surface area contributed by atoms with Crippen molar-refractivity contribution in [1.29, 1.82) is 0 Å². The summed E-state index contributed by atoms with van der Waals surface area (Å²) in [4.78, 5) is 10.9. The highest BCUT2D eigenvalue weighted by molar-refractivity contribution is 5.81. The second-order valence-electron chi connectivity index (χ2n) is 5.53. The highest BCUT2D eigenvalue weighted by Crippen LogP contribution is 2.15. The molecule has 0 spiro atoms. The molecule has 0 bridgehead atoms. The molecular weight excluding hydrogens is 236 g/mol. The minimum absolute atomic E-state index is 0.306. The van der Waals surface area contributed by atoms with Gasteiger partial charge in [0.05, 0.1) is 6.61 Å². The van der Waals surface area contributed by atoms with Crippen molar-refractivity contribution in [2.75, 3.05) is 6.61 Å². The largest absolute Gasteiger partial charge is 0.463 e. The van der Waals surface area contributed by atoms with Gasteiger partial charge >= 0.3 is 5.97 Å². The van der Waals surface area contributed by atoms with E-state index in [1.807, 2.05) is 0 Å². The summed E-state index contributed by atoms with van der Waals surface area (Å²) in [5, 5.41) is 0. The Morgan fingerprint density at radius 1 is 1.05 bits per heavy atom. The second kappa shape index (κ2) is 13.6. The molecule has 19 heavy (non-hydrogen) atoms. The average Bonchev–Trinajstić information content (AvgIpc) is 2.41. The summed E-state index contributed by atoms with van der Waals surface area (Å²) in [6, 6.07) is 0. The summed E-state index contributed by atoms with van der Waals surface area (Å²) in [6.45, 7) is 8.41. The Morgan fingerprint density at radius 2 is 1.63 bits per heavy atom. The van der Waals surface area contributed by atoms with E-state index in [0.29, 0.717) is 12.5 Å². The first-order valence-corrected chi connectivity index (χ1v) is 7.99. The van der Waals surface area contributed by atoms with E-state index in [1.54, 1.807) is 0 Å². The van der Waals surface area contributed by atoms with E-state index < -0.39 is 0 Å². The summed E-state index contributed by atoms with van der Waals surface area (Å²) in [5.74, 6) is 0.344. The third-order valence-corrected chi connectivity index (χ3v) is 3.57. The predicted molar refractivity (Wildman–Crippen MR) is 82.2 cm³/mol. The zero-order valence-electron chi connectivity index (χ0n) is 13.0. The third kappa shape index (κ3) is 13.4. The van der Waals surface area contributed by atoms with Crippen LogP contribution in [0.5, 0.6) is 0 Å². The number of hydrogen-bond donors (Lipinski definition) is 0. The lowest BCUT2D eigenvalue weighted by atomic mass is 9.99. The van der Waals surface area contributed by atoms with Gasteiger partial charge in [0.15, 0.2) is 0 Å². The third-order valence-electron chi connectivity index (χ3n) is 3.57. The lowest BCUT2D eigenvalue weighted by molar-refractivity contribution is -0.138. The topological polar surface area (TPSA) is 26.3 Å². The molecule has 0 aliphatic rings. The van der Waals surface area contributed by atoms with Crippen molar-refractivity contribution in [3.8, 4) is 0 Å². The number of ether oxygens (including phenoxy) is 1. The molecule has 0 rings (SSSR count). The monoisotopic (exact) mass is 268 g/mol. The van der Waals surface area contributed by atoms with Crippen molar-refractivity contribution < 1.29 is 9.53 Å². The normalized spacial score (nSPS) is 12.1. The zero-order valence-corrected chi connectivity index (χ0v) is 13.0. The molecule has 0 aromatic rings. The molecule has 0 saturated heterocycles. The maximum atomic E-state index is 10.9. The maximum absolute atomic E-state index is 10.9. The number of hydrogen-bond acceptors (Lipinski definition) is 2. The van der Waals surface area contributed by atoms with E-state index in [1.165, 1.54) is 63.9 Å². The van der Waals surface area contributed by atoms with Gasteiger partial charge in [0.2, 0.25) is 0 Å². The Labute approximate surface area is 119 Å². The van der Waals surface area contributed by atoms with Gasteiger partial charge in [-0.25, -0.2) is 4.79 Å². The molecule has 1 atom stereocenters. The molecule has 0 aliphatic carbocycles. The van der Waals surface area contributed by atoms with Crippen molar-refractivity contribution in [2.24, 2.45) is 5.92 Å². The van der Waals surface area contributed by atoms with Crippen LogP contribution in [-0.2, 0) is 9.53 Å². The van der Waals surface area contributed by atoms with E-state index in [9.17, 15) is 4.79 Å². The molecule has 0 saturated carbocycles. The molecule has 0 fully saturated rings. The number of esters is 1. The van der Waals surface area contributed by atoms with E-state index in [4.69, 9.17) is 4.74 Å². The van der Waals surface area contributed by atoms with E-state index >= 15 is 0 Å². The Bertz CT molecular complexity index is 223.